The van der Waals surface area contributed by atoms with E-state index in [9.17, 15) is 9.18 Å². The first-order chi connectivity index (χ1) is 8.70. The standard InChI is InChI=1S/C12H16FN3O2/c1-14-7-10-8-16(4-5-18-10)12(17)11-3-2-9(13)6-15-11/h2-3,6,10,14H,4-5,7-8H2,1H3. The molecule has 0 spiro atoms. The van der Waals surface area contributed by atoms with Crippen LogP contribution in [-0.2, 0) is 4.74 Å². The van der Waals surface area contributed by atoms with Crippen LogP contribution in [0.5, 0.6) is 0 Å². The lowest BCUT2D eigenvalue weighted by Crippen LogP contribution is -2.48. The molecule has 98 valence electrons. The number of carbonyl (C=O) groups is 1. The van der Waals surface area contributed by atoms with Gasteiger partial charge in [-0.15, -0.1) is 0 Å². The number of hydrogen-bond donors (Lipinski definition) is 1. The van der Waals surface area contributed by atoms with E-state index in [-0.39, 0.29) is 17.7 Å². The molecular formula is C12H16FN3O2. The lowest BCUT2D eigenvalue weighted by atomic mass is 10.2. The highest BCUT2D eigenvalue weighted by molar-refractivity contribution is 5.92. The van der Waals surface area contributed by atoms with Gasteiger partial charge in [0.15, 0.2) is 0 Å². The molecule has 0 bridgehead atoms. The number of amides is 1. The summed E-state index contributed by atoms with van der Waals surface area (Å²) in [6, 6.07) is 2.64. The van der Waals surface area contributed by atoms with E-state index in [4.69, 9.17) is 4.74 Å². The van der Waals surface area contributed by atoms with Gasteiger partial charge in [-0.25, -0.2) is 9.37 Å². The quantitative estimate of drug-likeness (QED) is 0.840. The van der Waals surface area contributed by atoms with Gasteiger partial charge >= 0.3 is 0 Å². The second kappa shape index (κ2) is 5.88. The molecule has 0 aromatic carbocycles. The van der Waals surface area contributed by atoms with Gasteiger partial charge in [0, 0.05) is 19.6 Å². The van der Waals surface area contributed by atoms with E-state index in [0.29, 0.717) is 26.2 Å². The van der Waals surface area contributed by atoms with Crippen LogP contribution in [0.25, 0.3) is 0 Å². The zero-order chi connectivity index (χ0) is 13.0. The number of carbonyl (C=O) groups excluding carboxylic acids is 1. The van der Waals surface area contributed by atoms with Crippen molar-refractivity contribution in [3.05, 3.63) is 29.8 Å². The molecule has 1 atom stereocenters. The molecule has 0 aliphatic carbocycles. The van der Waals surface area contributed by atoms with Crippen molar-refractivity contribution in [2.45, 2.75) is 6.10 Å². The van der Waals surface area contributed by atoms with E-state index >= 15 is 0 Å². The van der Waals surface area contributed by atoms with Gasteiger partial charge in [0.05, 0.1) is 18.9 Å². The fourth-order valence-electron chi connectivity index (χ4n) is 1.92. The van der Waals surface area contributed by atoms with E-state index in [2.05, 4.69) is 10.3 Å². The first-order valence-corrected chi connectivity index (χ1v) is 5.87. The summed E-state index contributed by atoms with van der Waals surface area (Å²) >= 11 is 0. The lowest BCUT2D eigenvalue weighted by Gasteiger charge is -2.32. The number of halogens is 1. The van der Waals surface area contributed by atoms with E-state index < -0.39 is 5.82 Å². The number of morpholine rings is 1. The van der Waals surface area contributed by atoms with Crippen molar-refractivity contribution in [1.82, 2.24) is 15.2 Å². The Morgan fingerprint density at radius 3 is 3.17 bits per heavy atom. The molecule has 1 fully saturated rings. The number of aromatic nitrogens is 1. The normalized spacial score (nSPS) is 19.9. The van der Waals surface area contributed by atoms with Gasteiger partial charge in [-0.2, -0.15) is 0 Å². The highest BCUT2D eigenvalue weighted by atomic mass is 19.1. The summed E-state index contributed by atoms with van der Waals surface area (Å²) in [5.74, 6) is -0.624. The van der Waals surface area contributed by atoms with Gasteiger partial charge in [-0.3, -0.25) is 4.79 Å². The summed E-state index contributed by atoms with van der Waals surface area (Å²) in [4.78, 5) is 17.6. The highest BCUT2D eigenvalue weighted by Crippen LogP contribution is 2.09. The second-order valence-corrected chi connectivity index (χ2v) is 4.16. The SMILES string of the molecule is CNCC1CN(C(=O)c2ccc(F)cn2)CCO1. The molecular weight excluding hydrogens is 237 g/mol. The molecule has 1 aromatic rings. The maximum atomic E-state index is 12.7. The smallest absolute Gasteiger partial charge is 0.272 e. The molecule has 6 heteroatoms. The Balaban J connectivity index is 2.02. The molecule has 1 N–H and O–H groups in total. The Hall–Kier alpha value is -1.53. The Labute approximate surface area is 105 Å². The first-order valence-electron chi connectivity index (χ1n) is 5.87. The van der Waals surface area contributed by atoms with E-state index in [1.54, 1.807) is 4.90 Å². The molecule has 1 aliphatic heterocycles. The summed E-state index contributed by atoms with van der Waals surface area (Å²) < 4.78 is 18.3. The van der Waals surface area contributed by atoms with Crippen molar-refractivity contribution >= 4 is 5.91 Å². The summed E-state index contributed by atoms with van der Waals surface area (Å²) in [6.07, 6.45) is 1.05. The molecule has 1 unspecified atom stereocenters. The van der Waals surface area contributed by atoms with Crippen molar-refractivity contribution in [3.63, 3.8) is 0 Å². The van der Waals surface area contributed by atoms with Crippen LogP contribution in [0.2, 0.25) is 0 Å². The number of likely N-dealkylation sites (N-methyl/N-ethyl adjacent to an activating group) is 1. The van der Waals surface area contributed by atoms with Gasteiger partial charge in [-0.05, 0) is 19.2 Å². The summed E-state index contributed by atoms with van der Waals surface area (Å²) in [5, 5.41) is 3.02. The average molecular weight is 253 g/mol. The third-order valence-electron chi connectivity index (χ3n) is 2.80. The Bertz CT molecular complexity index is 408. The molecule has 1 aliphatic rings. The van der Waals surface area contributed by atoms with Crippen molar-refractivity contribution in [2.24, 2.45) is 0 Å². The molecule has 0 radical (unpaired) electrons. The number of ether oxygens (including phenoxy) is 1. The maximum absolute atomic E-state index is 12.7. The highest BCUT2D eigenvalue weighted by Gasteiger charge is 2.25. The lowest BCUT2D eigenvalue weighted by molar-refractivity contribution is -0.0198. The molecule has 1 saturated heterocycles. The largest absolute Gasteiger partial charge is 0.373 e. The summed E-state index contributed by atoms with van der Waals surface area (Å²) in [5.41, 5.74) is 0.265. The van der Waals surface area contributed by atoms with Crippen LogP contribution >= 0.6 is 0 Å². The van der Waals surface area contributed by atoms with Crippen LogP contribution in [-0.4, -0.2) is 55.2 Å². The van der Waals surface area contributed by atoms with Crippen molar-refractivity contribution < 1.29 is 13.9 Å². The number of rotatable bonds is 3. The Kier molecular flexibility index (Phi) is 4.22. The number of hydrogen-bond acceptors (Lipinski definition) is 4. The van der Waals surface area contributed by atoms with E-state index in [0.717, 1.165) is 6.20 Å². The van der Waals surface area contributed by atoms with Crippen LogP contribution in [0.3, 0.4) is 0 Å². The second-order valence-electron chi connectivity index (χ2n) is 4.16. The minimum Gasteiger partial charge on any atom is -0.373 e. The van der Waals surface area contributed by atoms with E-state index in [1.165, 1.54) is 12.1 Å². The topological polar surface area (TPSA) is 54.5 Å². The van der Waals surface area contributed by atoms with Crippen molar-refractivity contribution in [1.29, 1.82) is 0 Å². The van der Waals surface area contributed by atoms with Gasteiger partial charge in [0.1, 0.15) is 11.5 Å². The van der Waals surface area contributed by atoms with Crippen molar-refractivity contribution in [3.8, 4) is 0 Å². The molecule has 1 aromatic heterocycles. The minimum absolute atomic E-state index is 0.00634. The Morgan fingerprint density at radius 2 is 2.50 bits per heavy atom. The third kappa shape index (κ3) is 3.02. The first kappa shape index (κ1) is 12.9. The fourth-order valence-corrected chi connectivity index (χ4v) is 1.92. The maximum Gasteiger partial charge on any atom is 0.272 e. The monoisotopic (exact) mass is 253 g/mol. The van der Waals surface area contributed by atoms with Crippen LogP contribution in [0, 0.1) is 5.82 Å². The molecule has 2 rings (SSSR count). The molecule has 1 amide bonds. The fraction of sp³-hybridized carbons (Fsp3) is 0.500. The van der Waals surface area contributed by atoms with Crippen LogP contribution in [0.1, 0.15) is 10.5 Å². The van der Waals surface area contributed by atoms with Crippen molar-refractivity contribution in [2.75, 3.05) is 33.3 Å². The van der Waals surface area contributed by atoms with E-state index in [1.807, 2.05) is 7.05 Å². The third-order valence-corrected chi connectivity index (χ3v) is 2.80. The molecule has 18 heavy (non-hydrogen) atoms. The van der Waals surface area contributed by atoms with Crippen LogP contribution in [0.4, 0.5) is 4.39 Å². The van der Waals surface area contributed by atoms with Crippen LogP contribution in [0.15, 0.2) is 18.3 Å². The summed E-state index contributed by atoms with van der Waals surface area (Å²) in [6.45, 7) is 2.27. The van der Waals surface area contributed by atoms with Gasteiger partial charge in [0.2, 0.25) is 0 Å². The molecule has 5 nitrogen and oxygen atoms in total. The molecule has 2 heterocycles. The zero-order valence-electron chi connectivity index (χ0n) is 10.2. The minimum atomic E-state index is -0.443. The van der Waals surface area contributed by atoms with Gasteiger partial charge in [-0.1, -0.05) is 0 Å². The summed E-state index contributed by atoms with van der Waals surface area (Å²) in [7, 11) is 1.84. The van der Waals surface area contributed by atoms with Crippen LogP contribution < -0.4 is 5.32 Å². The van der Waals surface area contributed by atoms with Gasteiger partial charge in [0.25, 0.3) is 5.91 Å². The molecule has 0 saturated carbocycles. The number of nitrogens with zero attached hydrogens (tertiary/aromatic N) is 2. The number of nitrogens with one attached hydrogen (secondary N) is 1. The predicted molar refractivity (Wildman–Crippen MR) is 63.8 cm³/mol. The average Bonchev–Trinajstić information content (AvgIpc) is 2.39. The predicted octanol–water partition coefficient (Wildman–Crippen LogP) is 0.281. The number of pyridine rings is 1. The zero-order valence-corrected chi connectivity index (χ0v) is 10.2. The Morgan fingerprint density at radius 1 is 1.67 bits per heavy atom. The van der Waals surface area contributed by atoms with Gasteiger partial charge < -0.3 is 15.0 Å².